The van der Waals surface area contributed by atoms with Crippen LogP contribution in [0.3, 0.4) is 0 Å². The second-order valence-electron chi connectivity index (χ2n) is 3.73. The Morgan fingerprint density at radius 2 is 2.29 bits per heavy atom. The first-order valence-electron chi connectivity index (χ1n) is 5.08. The molecule has 0 aliphatic heterocycles. The summed E-state index contributed by atoms with van der Waals surface area (Å²) in [4.78, 5) is 16.0. The van der Waals surface area contributed by atoms with Gasteiger partial charge < -0.3 is 11.5 Å². The van der Waals surface area contributed by atoms with Gasteiger partial charge in [0.1, 0.15) is 5.82 Å². The fraction of sp³-hybridized carbons (Fsp3) is 0.182. The van der Waals surface area contributed by atoms with Gasteiger partial charge in [0.25, 0.3) is 0 Å². The molecule has 0 saturated carbocycles. The third-order valence-electron chi connectivity index (χ3n) is 2.47. The molecule has 17 heavy (non-hydrogen) atoms. The molecular formula is C11H13N5O. The number of carbonyl (C=O) groups is 1. The van der Waals surface area contributed by atoms with E-state index in [0.717, 1.165) is 0 Å². The van der Waals surface area contributed by atoms with E-state index in [0.29, 0.717) is 11.1 Å². The minimum atomic E-state index is -0.768. The van der Waals surface area contributed by atoms with Gasteiger partial charge in [-0.15, -0.1) is 0 Å². The molecule has 2 aromatic heterocycles. The summed E-state index contributed by atoms with van der Waals surface area (Å²) in [6.07, 6.45) is 4.80. The van der Waals surface area contributed by atoms with Crippen LogP contribution in [0.25, 0.3) is 0 Å². The van der Waals surface area contributed by atoms with Crippen molar-refractivity contribution in [1.82, 2.24) is 14.8 Å². The number of pyridine rings is 1. The molecule has 1 unspecified atom stereocenters. The van der Waals surface area contributed by atoms with E-state index in [1.54, 1.807) is 36.3 Å². The monoisotopic (exact) mass is 231 g/mol. The Labute approximate surface area is 98.3 Å². The number of nitrogens with two attached hydrogens (primary N) is 2. The first-order valence-corrected chi connectivity index (χ1v) is 5.08. The number of ketones is 1. The lowest BCUT2D eigenvalue weighted by molar-refractivity contribution is 0.0962. The number of aromatic nitrogens is 3. The number of carbonyl (C=O) groups excluding carboxylic acids is 1. The van der Waals surface area contributed by atoms with Crippen LogP contribution < -0.4 is 11.5 Å². The van der Waals surface area contributed by atoms with Gasteiger partial charge in [0, 0.05) is 25.0 Å². The van der Waals surface area contributed by atoms with Crippen LogP contribution in [0, 0.1) is 0 Å². The van der Waals surface area contributed by atoms with Gasteiger partial charge >= 0.3 is 0 Å². The van der Waals surface area contributed by atoms with E-state index in [4.69, 9.17) is 11.5 Å². The maximum Gasteiger partial charge on any atom is 0.187 e. The second kappa shape index (κ2) is 4.34. The minimum absolute atomic E-state index is 0.192. The highest BCUT2D eigenvalue weighted by molar-refractivity contribution is 6.03. The van der Waals surface area contributed by atoms with Crippen LogP contribution in [0.4, 0.5) is 5.82 Å². The van der Waals surface area contributed by atoms with Crippen molar-refractivity contribution in [3.63, 3.8) is 0 Å². The molecule has 0 fully saturated rings. The van der Waals surface area contributed by atoms with Crippen LogP contribution in [0.2, 0.25) is 0 Å². The Morgan fingerprint density at radius 1 is 1.53 bits per heavy atom. The van der Waals surface area contributed by atoms with E-state index in [1.165, 1.54) is 6.20 Å². The summed E-state index contributed by atoms with van der Waals surface area (Å²) in [5, 5.41) is 3.97. The first-order chi connectivity index (χ1) is 8.09. The molecule has 0 amide bonds. The Bertz CT molecular complexity index is 548. The summed E-state index contributed by atoms with van der Waals surface area (Å²) in [6, 6.07) is 2.50. The maximum atomic E-state index is 12.1. The predicted octanol–water partition coefficient (Wildman–Crippen LogP) is 0.280. The number of anilines is 1. The third-order valence-corrected chi connectivity index (χ3v) is 2.47. The third kappa shape index (κ3) is 2.16. The molecule has 4 N–H and O–H groups in total. The van der Waals surface area contributed by atoms with Crippen molar-refractivity contribution in [1.29, 1.82) is 0 Å². The first kappa shape index (κ1) is 11.3. The molecule has 88 valence electrons. The summed E-state index contributed by atoms with van der Waals surface area (Å²) in [7, 11) is 1.76. The molecule has 6 nitrogen and oxygen atoms in total. The molecule has 2 aromatic rings. The fourth-order valence-corrected chi connectivity index (χ4v) is 1.55. The molecule has 0 spiro atoms. The van der Waals surface area contributed by atoms with E-state index >= 15 is 0 Å². The molecule has 2 heterocycles. The van der Waals surface area contributed by atoms with Crippen LogP contribution in [-0.2, 0) is 7.05 Å². The zero-order valence-corrected chi connectivity index (χ0v) is 9.37. The maximum absolute atomic E-state index is 12.1. The highest BCUT2D eigenvalue weighted by Gasteiger charge is 2.21. The highest BCUT2D eigenvalue weighted by atomic mass is 16.1. The summed E-state index contributed by atoms with van der Waals surface area (Å²) >= 11 is 0. The summed E-state index contributed by atoms with van der Waals surface area (Å²) in [5.74, 6) is -0.0690. The van der Waals surface area contributed by atoms with E-state index in [-0.39, 0.29) is 11.6 Å². The van der Waals surface area contributed by atoms with Crippen molar-refractivity contribution in [2.24, 2.45) is 12.8 Å². The van der Waals surface area contributed by atoms with Crippen LogP contribution in [0.1, 0.15) is 22.0 Å². The number of aryl methyl sites for hydroxylation is 1. The number of hydrogen-bond acceptors (Lipinski definition) is 5. The average Bonchev–Trinajstić information content (AvgIpc) is 2.75. The lowest BCUT2D eigenvalue weighted by Gasteiger charge is -2.09. The van der Waals surface area contributed by atoms with Gasteiger partial charge in [0.2, 0.25) is 0 Å². The molecule has 2 rings (SSSR count). The van der Waals surface area contributed by atoms with Gasteiger partial charge in [-0.05, 0) is 12.1 Å². The topological polar surface area (TPSA) is 99.8 Å². The Balaban J connectivity index is 2.30. The summed E-state index contributed by atoms with van der Waals surface area (Å²) < 4.78 is 1.59. The van der Waals surface area contributed by atoms with Crippen molar-refractivity contribution in [3.8, 4) is 0 Å². The highest BCUT2D eigenvalue weighted by Crippen LogP contribution is 2.18. The van der Waals surface area contributed by atoms with Crippen molar-refractivity contribution in [2.45, 2.75) is 6.04 Å². The van der Waals surface area contributed by atoms with Crippen molar-refractivity contribution >= 4 is 11.6 Å². The van der Waals surface area contributed by atoms with Gasteiger partial charge in [-0.25, -0.2) is 4.98 Å². The Hall–Kier alpha value is -2.21. The number of nitrogens with zero attached hydrogens (tertiary/aromatic N) is 3. The van der Waals surface area contributed by atoms with Gasteiger partial charge in [0.15, 0.2) is 5.78 Å². The standard InChI is InChI=1S/C11H13N5O/c1-16-6-7(5-15-16)9(12)10(17)8-3-2-4-14-11(8)13/h2-6,9H,12H2,1H3,(H2,13,14). The normalized spacial score (nSPS) is 12.4. The van der Waals surface area contributed by atoms with E-state index in [2.05, 4.69) is 10.1 Å². The van der Waals surface area contributed by atoms with E-state index < -0.39 is 6.04 Å². The largest absolute Gasteiger partial charge is 0.383 e. The smallest absolute Gasteiger partial charge is 0.187 e. The van der Waals surface area contributed by atoms with Crippen molar-refractivity contribution in [2.75, 3.05) is 5.73 Å². The van der Waals surface area contributed by atoms with E-state index in [9.17, 15) is 4.79 Å². The van der Waals surface area contributed by atoms with Gasteiger partial charge in [-0.3, -0.25) is 9.48 Å². The lowest BCUT2D eigenvalue weighted by Crippen LogP contribution is -2.22. The number of rotatable bonds is 3. The zero-order chi connectivity index (χ0) is 12.4. The number of nitrogen functional groups attached to an aromatic ring is 1. The molecule has 0 aliphatic carbocycles. The van der Waals surface area contributed by atoms with Crippen LogP contribution in [0.5, 0.6) is 0 Å². The lowest BCUT2D eigenvalue weighted by atomic mass is 10.0. The summed E-state index contributed by atoms with van der Waals surface area (Å²) in [6.45, 7) is 0. The van der Waals surface area contributed by atoms with Gasteiger partial charge in [0.05, 0.1) is 17.8 Å². The molecule has 0 aromatic carbocycles. The second-order valence-corrected chi connectivity index (χ2v) is 3.73. The van der Waals surface area contributed by atoms with Crippen LogP contribution >= 0.6 is 0 Å². The van der Waals surface area contributed by atoms with E-state index in [1.807, 2.05) is 0 Å². The Morgan fingerprint density at radius 3 is 2.88 bits per heavy atom. The summed E-state index contributed by atoms with van der Waals surface area (Å²) in [5.41, 5.74) is 12.5. The van der Waals surface area contributed by atoms with Crippen molar-refractivity contribution in [3.05, 3.63) is 41.9 Å². The molecular weight excluding hydrogens is 218 g/mol. The average molecular weight is 231 g/mol. The fourth-order valence-electron chi connectivity index (χ4n) is 1.55. The van der Waals surface area contributed by atoms with Gasteiger partial charge in [-0.2, -0.15) is 5.10 Å². The SMILES string of the molecule is Cn1cc(C(N)C(=O)c2cccnc2N)cn1. The van der Waals surface area contributed by atoms with Crippen LogP contribution in [0.15, 0.2) is 30.7 Å². The predicted molar refractivity (Wildman–Crippen MR) is 63.1 cm³/mol. The van der Waals surface area contributed by atoms with Crippen LogP contribution in [-0.4, -0.2) is 20.5 Å². The molecule has 0 aliphatic rings. The molecule has 0 bridgehead atoms. The zero-order valence-electron chi connectivity index (χ0n) is 9.37. The van der Waals surface area contributed by atoms with Gasteiger partial charge in [-0.1, -0.05) is 0 Å². The quantitative estimate of drug-likeness (QED) is 0.739. The molecule has 1 atom stereocenters. The Kier molecular flexibility index (Phi) is 2.88. The number of Topliss-reactive ketones (excluding diaryl/α,β-unsaturated/α-hetero) is 1. The minimum Gasteiger partial charge on any atom is -0.383 e. The van der Waals surface area contributed by atoms with Crippen molar-refractivity contribution < 1.29 is 4.79 Å². The molecule has 0 radical (unpaired) electrons. The number of hydrogen-bond donors (Lipinski definition) is 2. The molecule has 0 saturated heterocycles. The molecule has 6 heteroatoms.